The number of nitrogens with zero attached hydrogens (tertiary/aromatic N) is 1. The predicted octanol–water partition coefficient (Wildman–Crippen LogP) is 3.48. The number of carbonyl (C=O) groups excluding carboxylic acids is 2. The molecule has 0 saturated carbocycles. The van der Waals surface area contributed by atoms with Gasteiger partial charge in [0.05, 0.1) is 20.3 Å². The molecule has 0 heterocycles. The number of carbonyl (C=O) groups is 2. The summed E-state index contributed by atoms with van der Waals surface area (Å²) in [6.07, 6.45) is -4.38. The maximum atomic E-state index is 12.4. The minimum atomic E-state index is -4.38. The molecule has 0 bridgehead atoms. The zero-order chi connectivity index (χ0) is 21.4. The molecule has 6 nitrogen and oxygen atoms in total. The molecule has 0 saturated heterocycles. The number of benzene rings is 2. The van der Waals surface area contributed by atoms with Crippen molar-refractivity contribution in [1.82, 2.24) is 4.90 Å². The smallest absolute Gasteiger partial charge is 0.411 e. The van der Waals surface area contributed by atoms with Gasteiger partial charge in [0.15, 0.2) is 0 Å². The highest BCUT2D eigenvalue weighted by molar-refractivity contribution is 5.99. The highest BCUT2D eigenvalue weighted by atomic mass is 19.4. The second-order valence-electron chi connectivity index (χ2n) is 6.25. The van der Waals surface area contributed by atoms with Crippen LogP contribution in [-0.4, -0.2) is 50.2 Å². The molecule has 0 spiro atoms. The lowest BCUT2D eigenvalue weighted by Crippen LogP contribution is -2.34. The summed E-state index contributed by atoms with van der Waals surface area (Å²) in [7, 11) is 2.99. The molecule has 0 atom stereocenters. The molecule has 2 aromatic rings. The normalized spacial score (nSPS) is 11.1. The molecule has 0 aromatic heterocycles. The van der Waals surface area contributed by atoms with Gasteiger partial charge < -0.3 is 19.7 Å². The summed E-state index contributed by atoms with van der Waals surface area (Å²) in [5, 5.41) is 2.68. The molecular weight excluding hydrogens is 389 g/mol. The minimum Gasteiger partial charge on any atom is -0.497 e. The Morgan fingerprint density at radius 1 is 1.10 bits per heavy atom. The van der Waals surface area contributed by atoms with Crippen molar-refractivity contribution < 1.29 is 32.2 Å². The third-order valence-corrected chi connectivity index (χ3v) is 3.82. The van der Waals surface area contributed by atoms with E-state index in [0.29, 0.717) is 22.6 Å². The molecule has 2 aromatic carbocycles. The quantitative estimate of drug-likeness (QED) is 0.724. The number of halogens is 3. The zero-order valence-corrected chi connectivity index (χ0v) is 16.0. The molecule has 29 heavy (non-hydrogen) atoms. The Morgan fingerprint density at radius 2 is 1.79 bits per heavy atom. The van der Waals surface area contributed by atoms with Crippen molar-refractivity contribution in [3.63, 3.8) is 0 Å². The number of hydrogen-bond donors (Lipinski definition) is 1. The van der Waals surface area contributed by atoms with Crippen LogP contribution in [0.25, 0.3) is 0 Å². The van der Waals surface area contributed by atoms with Gasteiger partial charge in [0.25, 0.3) is 5.91 Å². The topological polar surface area (TPSA) is 67.9 Å². The predicted molar refractivity (Wildman–Crippen MR) is 101 cm³/mol. The molecule has 0 aliphatic carbocycles. The molecule has 156 valence electrons. The van der Waals surface area contributed by atoms with Crippen LogP contribution >= 0.6 is 0 Å². The van der Waals surface area contributed by atoms with Gasteiger partial charge in [0.1, 0.15) is 12.4 Å². The van der Waals surface area contributed by atoms with Crippen molar-refractivity contribution in [1.29, 1.82) is 0 Å². The van der Waals surface area contributed by atoms with Crippen LogP contribution in [-0.2, 0) is 16.1 Å². The molecule has 0 radical (unpaired) electrons. The Bertz CT molecular complexity index is 838. The Kier molecular flexibility index (Phi) is 7.60. The van der Waals surface area contributed by atoms with E-state index in [1.165, 1.54) is 43.3 Å². The minimum absolute atomic E-state index is 0.174. The van der Waals surface area contributed by atoms with E-state index in [1.807, 2.05) is 0 Å². The number of amides is 2. The highest BCUT2D eigenvalue weighted by Gasteiger charge is 2.27. The van der Waals surface area contributed by atoms with E-state index >= 15 is 0 Å². The molecule has 0 unspecified atom stereocenters. The fourth-order valence-electron chi connectivity index (χ4n) is 2.44. The van der Waals surface area contributed by atoms with Gasteiger partial charge in [-0.1, -0.05) is 18.2 Å². The summed E-state index contributed by atoms with van der Waals surface area (Å²) in [6.45, 7) is -1.72. The van der Waals surface area contributed by atoms with Crippen molar-refractivity contribution in [2.45, 2.75) is 12.8 Å². The van der Waals surface area contributed by atoms with E-state index in [2.05, 4.69) is 10.1 Å². The van der Waals surface area contributed by atoms with Gasteiger partial charge >= 0.3 is 6.18 Å². The van der Waals surface area contributed by atoms with Crippen LogP contribution in [0, 0.1) is 0 Å². The van der Waals surface area contributed by atoms with Gasteiger partial charge in [-0.25, -0.2) is 0 Å². The van der Waals surface area contributed by atoms with E-state index in [4.69, 9.17) is 4.74 Å². The number of likely N-dealkylation sites (N-methyl/N-ethyl adjacent to an activating group) is 1. The number of rotatable bonds is 8. The van der Waals surface area contributed by atoms with Gasteiger partial charge in [-0.05, 0) is 29.8 Å². The van der Waals surface area contributed by atoms with Gasteiger partial charge in [-0.2, -0.15) is 13.2 Å². The van der Waals surface area contributed by atoms with Gasteiger partial charge in [-0.15, -0.1) is 0 Å². The van der Waals surface area contributed by atoms with E-state index in [1.54, 1.807) is 24.3 Å². The van der Waals surface area contributed by atoms with E-state index < -0.39 is 18.7 Å². The first-order valence-corrected chi connectivity index (χ1v) is 8.61. The van der Waals surface area contributed by atoms with E-state index in [0.717, 1.165) is 0 Å². The molecule has 1 N–H and O–H groups in total. The summed E-state index contributed by atoms with van der Waals surface area (Å²) in [5.41, 5.74) is 1.35. The lowest BCUT2D eigenvalue weighted by Gasteiger charge is -2.17. The van der Waals surface area contributed by atoms with Crippen LogP contribution in [0.4, 0.5) is 18.9 Å². The van der Waals surface area contributed by atoms with Crippen molar-refractivity contribution in [3.8, 4) is 5.75 Å². The SMILES string of the molecule is COc1cccc(NC(=O)CN(C)C(=O)c2ccc(COCC(F)(F)F)cc2)c1. The van der Waals surface area contributed by atoms with Crippen LogP contribution in [0.3, 0.4) is 0 Å². The number of ether oxygens (including phenoxy) is 2. The maximum Gasteiger partial charge on any atom is 0.411 e. The van der Waals surface area contributed by atoms with Crippen LogP contribution < -0.4 is 10.1 Å². The summed E-state index contributed by atoms with van der Waals surface area (Å²) < 4.78 is 45.9. The Hall–Kier alpha value is -3.07. The van der Waals surface area contributed by atoms with Crippen LogP contribution in [0.5, 0.6) is 5.75 Å². The van der Waals surface area contributed by atoms with E-state index in [9.17, 15) is 22.8 Å². The van der Waals surface area contributed by atoms with Crippen molar-refractivity contribution in [3.05, 3.63) is 59.7 Å². The number of nitrogens with one attached hydrogen (secondary N) is 1. The first-order chi connectivity index (χ1) is 13.7. The van der Waals surface area contributed by atoms with Crippen molar-refractivity contribution >= 4 is 17.5 Å². The second kappa shape index (κ2) is 9.92. The largest absolute Gasteiger partial charge is 0.497 e. The molecule has 0 aliphatic heterocycles. The number of methoxy groups -OCH3 is 1. The van der Waals surface area contributed by atoms with Gasteiger partial charge in [0.2, 0.25) is 5.91 Å². The standard InChI is InChI=1S/C20H21F3N2O4/c1-25(11-18(26)24-16-4-3-5-17(10-16)28-2)19(27)15-8-6-14(7-9-15)12-29-13-20(21,22)23/h3-10H,11-13H2,1-2H3,(H,24,26). The van der Waals surface area contributed by atoms with Crippen molar-refractivity contribution in [2.24, 2.45) is 0 Å². The van der Waals surface area contributed by atoms with Crippen LogP contribution in [0.15, 0.2) is 48.5 Å². The summed E-state index contributed by atoms with van der Waals surface area (Å²) in [6, 6.07) is 12.8. The molecule has 0 aliphatic rings. The van der Waals surface area contributed by atoms with Crippen LogP contribution in [0.2, 0.25) is 0 Å². The summed E-state index contributed by atoms with van der Waals surface area (Å²) in [5.74, 6) is -0.189. The zero-order valence-electron chi connectivity index (χ0n) is 16.0. The third-order valence-electron chi connectivity index (χ3n) is 3.82. The Balaban J connectivity index is 1.87. The summed E-state index contributed by atoms with van der Waals surface area (Å²) >= 11 is 0. The number of hydrogen-bond acceptors (Lipinski definition) is 4. The van der Waals surface area contributed by atoms with Crippen LogP contribution in [0.1, 0.15) is 15.9 Å². The molecule has 2 amide bonds. The molecule has 9 heteroatoms. The monoisotopic (exact) mass is 410 g/mol. The average Bonchev–Trinajstić information content (AvgIpc) is 2.67. The lowest BCUT2D eigenvalue weighted by molar-refractivity contribution is -0.176. The Labute approximate surface area is 166 Å². The summed E-state index contributed by atoms with van der Waals surface area (Å²) in [4.78, 5) is 25.8. The molecular formula is C20H21F3N2O4. The maximum absolute atomic E-state index is 12.4. The average molecular weight is 410 g/mol. The van der Waals surface area contributed by atoms with Gasteiger partial charge in [0, 0.05) is 24.4 Å². The Morgan fingerprint density at radius 3 is 2.41 bits per heavy atom. The number of anilines is 1. The third kappa shape index (κ3) is 7.46. The fraction of sp³-hybridized carbons (Fsp3) is 0.300. The molecule has 2 rings (SSSR count). The molecule has 0 fully saturated rings. The first kappa shape index (κ1) is 22.2. The van der Waals surface area contributed by atoms with E-state index in [-0.39, 0.29) is 19.1 Å². The van der Waals surface area contributed by atoms with Gasteiger partial charge in [-0.3, -0.25) is 9.59 Å². The number of alkyl halides is 3. The second-order valence-corrected chi connectivity index (χ2v) is 6.25. The van der Waals surface area contributed by atoms with Crippen molar-refractivity contribution in [2.75, 3.05) is 32.6 Å². The fourth-order valence-corrected chi connectivity index (χ4v) is 2.44. The highest BCUT2D eigenvalue weighted by Crippen LogP contribution is 2.17. The first-order valence-electron chi connectivity index (χ1n) is 8.61. The lowest BCUT2D eigenvalue weighted by atomic mass is 10.1.